The fourth-order valence-corrected chi connectivity index (χ4v) is 3.77. The number of nitrogens with zero attached hydrogens (tertiary/aromatic N) is 1. The van der Waals surface area contributed by atoms with Crippen molar-refractivity contribution < 1.29 is 12.8 Å². The highest BCUT2D eigenvalue weighted by Crippen LogP contribution is 2.20. The Morgan fingerprint density at radius 2 is 2.25 bits per heavy atom. The van der Waals surface area contributed by atoms with Crippen LogP contribution in [0, 0.1) is 5.82 Å². The number of nitrogen functional groups attached to an aromatic ring is 1. The third-order valence-electron chi connectivity index (χ3n) is 3.68. The molecule has 3 N–H and O–H groups in total. The third-order valence-corrected chi connectivity index (χ3v) is 5.17. The van der Waals surface area contributed by atoms with Crippen LogP contribution in [0.15, 0.2) is 23.1 Å². The molecule has 112 valence electrons. The number of benzene rings is 1. The Morgan fingerprint density at radius 3 is 2.90 bits per heavy atom. The van der Waals surface area contributed by atoms with Crippen LogP contribution < -0.4 is 10.5 Å². The molecule has 1 aliphatic heterocycles. The minimum Gasteiger partial charge on any atom is -0.398 e. The van der Waals surface area contributed by atoms with Crippen molar-refractivity contribution >= 4 is 15.7 Å². The fourth-order valence-electron chi connectivity index (χ4n) is 2.59. The zero-order valence-electron chi connectivity index (χ0n) is 11.5. The number of nitrogens with two attached hydrogens (primary N) is 1. The van der Waals surface area contributed by atoms with Crippen molar-refractivity contribution in [1.82, 2.24) is 9.62 Å². The first kappa shape index (κ1) is 15.2. The molecule has 7 heteroatoms. The topological polar surface area (TPSA) is 75.4 Å². The van der Waals surface area contributed by atoms with E-state index in [9.17, 15) is 12.8 Å². The summed E-state index contributed by atoms with van der Waals surface area (Å²) < 4.78 is 39.9. The van der Waals surface area contributed by atoms with E-state index in [1.54, 1.807) is 0 Å². The predicted octanol–water partition coefficient (Wildman–Crippen LogP) is 1.17. The number of anilines is 1. The molecule has 1 atom stereocenters. The predicted molar refractivity (Wildman–Crippen MR) is 76.3 cm³/mol. The van der Waals surface area contributed by atoms with Crippen molar-refractivity contribution in [1.29, 1.82) is 0 Å². The molecule has 1 aliphatic rings. The Balaban J connectivity index is 2.07. The van der Waals surface area contributed by atoms with Crippen LogP contribution in [-0.4, -0.2) is 39.0 Å². The normalized spacial score (nSPS) is 20.4. The molecule has 0 amide bonds. The zero-order chi connectivity index (χ0) is 14.8. The molecule has 1 fully saturated rings. The molecule has 0 aromatic heterocycles. The highest BCUT2D eigenvalue weighted by atomic mass is 32.2. The minimum absolute atomic E-state index is 0.0695. The molecule has 0 bridgehead atoms. The van der Waals surface area contributed by atoms with Crippen LogP contribution in [0.1, 0.15) is 19.8 Å². The van der Waals surface area contributed by atoms with Gasteiger partial charge in [-0.15, -0.1) is 0 Å². The molecule has 1 saturated heterocycles. The van der Waals surface area contributed by atoms with E-state index in [1.165, 1.54) is 6.07 Å². The maximum absolute atomic E-state index is 13.0. The molecular formula is C13H20FN3O2S. The number of likely N-dealkylation sites (tertiary alicyclic amines) is 1. The van der Waals surface area contributed by atoms with E-state index in [1.807, 2.05) is 0 Å². The first-order valence-corrected chi connectivity index (χ1v) is 8.21. The smallest absolute Gasteiger partial charge is 0.242 e. The van der Waals surface area contributed by atoms with Crippen LogP contribution >= 0.6 is 0 Å². The van der Waals surface area contributed by atoms with E-state index in [-0.39, 0.29) is 16.6 Å². The lowest BCUT2D eigenvalue weighted by Gasteiger charge is -2.23. The SMILES string of the molecule is CCN1CCCC1CNS(=O)(=O)c1ccc(F)cc1N. The Morgan fingerprint density at radius 1 is 1.50 bits per heavy atom. The highest BCUT2D eigenvalue weighted by molar-refractivity contribution is 7.89. The van der Waals surface area contributed by atoms with Gasteiger partial charge >= 0.3 is 0 Å². The number of sulfonamides is 1. The summed E-state index contributed by atoms with van der Waals surface area (Å²) in [6, 6.07) is 3.53. The van der Waals surface area contributed by atoms with Crippen LogP contribution in [0.5, 0.6) is 0 Å². The molecule has 0 saturated carbocycles. The average molecular weight is 301 g/mol. The summed E-state index contributed by atoms with van der Waals surface area (Å²) in [5.74, 6) is -0.547. The second-order valence-corrected chi connectivity index (χ2v) is 6.69. The summed E-state index contributed by atoms with van der Waals surface area (Å²) in [7, 11) is -3.70. The van der Waals surface area contributed by atoms with Gasteiger partial charge in [0.2, 0.25) is 10.0 Å². The van der Waals surface area contributed by atoms with Crippen LogP contribution in [0.3, 0.4) is 0 Å². The molecule has 1 aromatic carbocycles. The van der Waals surface area contributed by atoms with Crippen LogP contribution in [0.4, 0.5) is 10.1 Å². The number of hydrogen-bond donors (Lipinski definition) is 2. The Kier molecular flexibility index (Phi) is 4.62. The van der Waals surface area contributed by atoms with Gasteiger partial charge in [0.05, 0.1) is 5.69 Å². The molecule has 2 rings (SSSR count). The van der Waals surface area contributed by atoms with Gasteiger partial charge < -0.3 is 5.73 Å². The van der Waals surface area contributed by atoms with Gasteiger partial charge in [0, 0.05) is 12.6 Å². The maximum Gasteiger partial charge on any atom is 0.242 e. The third kappa shape index (κ3) is 3.28. The van der Waals surface area contributed by atoms with Crippen molar-refractivity contribution in [2.24, 2.45) is 0 Å². The zero-order valence-corrected chi connectivity index (χ0v) is 12.3. The fraction of sp³-hybridized carbons (Fsp3) is 0.538. The van der Waals surface area contributed by atoms with Gasteiger partial charge in [0.1, 0.15) is 10.7 Å². The van der Waals surface area contributed by atoms with Gasteiger partial charge in [-0.05, 0) is 44.1 Å². The Labute approximate surface area is 119 Å². The standard InChI is InChI=1S/C13H20FN3O2S/c1-2-17-7-3-4-11(17)9-16-20(18,19)13-6-5-10(14)8-12(13)15/h5-6,8,11,16H,2-4,7,9,15H2,1H3. The van der Waals surface area contributed by atoms with Crippen molar-refractivity contribution in [2.75, 3.05) is 25.4 Å². The molecule has 0 spiro atoms. The summed E-state index contributed by atoms with van der Waals surface area (Å²) in [4.78, 5) is 2.18. The largest absolute Gasteiger partial charge is 0.398 e. The van der Waals surface area contributed by atoms with E-state index in [2.05, 4.69) is 16.5 Å². The van der Waals surface area contributed by atoms with Gasteiger partial charge in [0.15, 0.2) is 0 Å². The lowest BCUT2D eigenvalue weighted by atomic mass is 10.2. The Hall–Kier alpha value is -1.18. The summed E-state index contributed by atoms with van der Waals surface area (Å²) in [5, 5.41) is 0. The molecule has 5 nitrogen and oxygen atoms in total. The van der Waals surface area contributed by atoms with Crippen LogP contribution in [0.25, 0.3) is 0 Å². The summed E-state index contributed by atoms with van der Waals surface area (Å²) in [5.41, 5.74) is 5.50. The molecule has 0 aliphatic carbocycles. The number of hydrogen-bond acceptors (Lipinski definition) is 4. The monoisotopic (exact) mass is 301 g/mol. The van der Waals surface area contributed by atoms with Crippen molar-refractivity contribution in [2.45, 2.75) is 30.7 Å². The molecular weight excluding hydrogens is 281 g/mol. The molecule has 1 unspecified atom stereocenters. The maximum atomic E-state index is 13.0. The summed E-state index contributed by atoms with van der Waals surface area (Å²) in [6.07, 6.45) is 2.06. The van der Waals surface area contributed by atoms with Gasteiger partial charge in [0.25, 0.3) is 0 Å². The molecule has 1 heterocycles. The molecule has 1 aromatic rings. The van der Waals surface area contributed by atoms with Gasteiger partial charge in [-0.25, -0.2) is 17.5 Å². The summed E-state index contributed by atoms with van der Waals surface area (Å²) in [6.45, 7) is 4.32. The van der Waals surface area contributed by atoms with Crippen LogP contribution in [0.2, 0.25) is 0 Å². The number of rotatable bonds is 5. The quantitative estimate of drug-likeness (QED) is 0.801. The minimum atomic E-state index is -3.70. The first-order chi connectivity index (χ1) is 9.44. The lowest BCUT2D eigenvalue weighted by molar-refractivity contribution is 0.268. The van der Waals surface area contributed by atoms with Crippen molar-refractivity contribution in [3.63, 3.8) is 0 Å². The average Bonchev–Trinajstić information content (AvgIpc) is 2.83. The van der Waals surface area contributed by atoms with E-state index >= 15 is 0 Å². The first-order valence-electron chi connectivity index (χ1n) is 6.73. The van der Waals surface area contributed by atoms with E-state index < -0.39 is 15.8 Å². The molecule has 20 heavy (non-hydrogen) atoms. The number of nitrogens with one attached hydrogen (secondary N) is 1. The van der Waals surface area contributed by atoms with E-state index in [0.29, 0.717) is 6.54 Å². The van der Waals surface area contributed by atoms with Crippen LogP contribution in [-0.2, 0) is 10.0 Å². The van der Waals surface area contributed by atoms with Gasteiger partial charge in [-0.2, -0.15) is 0 Å². The van der Waals surface area contributed by atoms with Gasteiger partial charge in [-0.3, -0.25) is 4.90 Å². The highest BCUT2D eigenvalue weighted by Gasteiger charge is 2.25. The van der Waals surface area contributed by atoms with E-state index in [4.69, 9.17) is 5.73 Å². The number of halogens is 1. The second-order valence-electron chi connectivity index (χ2n) is 4.96. The lowest BCUT2D eigenvalue weighted by Crippen LogP contribution is -2.40. The van der Waals surface area contributed by atoms with Gasteiger partial charge in [-0.1, -0.05) is 6.92 Å². The van der Waals surface area contributed by atoms with Crippen molar-refractivity contribution in [3.8, 4) is 0 Å². The molecule has 0 radical (unpaired) electrons. The van der Waals surface area contributed by atoms with E-state index in [0.717, 1.165) is 38.1 Å². The summed E-state index contributed by atoms with van der Waals surface area (Å²) >= 11 is 0. The second kappa shape index (κ2) is 6.07. The van der Waals surface area contributed by atoms with Crippen molar-refractivity contribution in [3.05, 3.63) is 24.0 Å². The Bertz CT molecular complexity index is 577. The number of likely N-dealkylation sites (N-methyl/N-ethyl adjacent to an activating group) is 1.